The van der Waals surface area contributed by atoms with Crippen molar-refractivity contribution in [2.45, 2.75) is 37.8 Å². The van der Waals surface area contributed by atoms with Gasteiger partial charge in [0.05, 0.1) is 6.61 Å². The van der Waals surface area contributed by atoms with E-state index in [0.717, 1.165) is 30.2 Å². The second-order valence-corrected chi connectivity index (χ2v) is 4.61. The van der Waals surface area contributed by atoms with Gasteiger partial charge in [0.15, 0.2) is 0 Å². The van der Waals surface area contributed by atoms with Crippen LogP contribution in [0.5, 0.6) is 0 Å². The Hall–Kier alpha value is -1.11. The summed E-state index contributed by atoms with van der Waals surface area (Å²) in [5.74, 6) is 0.870. The highest BCUT2D eigenvalue weighted by atomic mass is 32.2. The van der Waals surface area contributed by atoms with E-state index in [-0.39, 0.29) is 5.97 Å². The van der Waals surface area contributed by atoms with E-state index in [4.69, 9.17) is 4.74 Å². The lowest BCUT2D eigenvalue weighted by atomic mass is 10.2. The van der Waals surface area contributed by atoms with Crippen LogP contribution < -0.4 is 0 Å². The monoisotopic (exact) mass is 258 g/mol. The number of hydrogen-bond acceptors (Lipinski definition) is 6. The Balaban J connectivity index is 1.98. The Morgan fingerprint density at radius 2 is 2.24 bits per heavy atom. The van der Waals surface area contributed by atoms with Crippen molar-refractivity contribution in [3.05, 3.63) is 0 Å². The van der Waals surface area contributed by atoms with E-state index in [0.29, 0.717) is 13.0 Å². The first-order chi connectivity index (χ1) is 8.24. The molecule has 0 aliphatic carbocycles. The summed E-state index contributed by atoms with van der Waals surface area (Å²) in [6.45, 7) is 2.29. The Morgan fingerprint density at radius 1 is 1.41 bits per heavy atom. The summed E-state index contributed by atoms with van der Waals surface area (Å²) in [6, 6.07) is 0. The van der Waals surface area contributed by atoms with E-state index in [1.165, 1.54) is 0 Å². The van der Waals surface area contributed by atoms with Crippen molar-refractivity contribution in [2.24, 2.45) is 7.05 Å². The van der Waals surface area contributed by atoms with Gasteiger partial charge >= 0.3 is 5.97 Å². The van der Waals surface area contributed by atoms with Crippen molar-refractivity contribution in [2.75, 3.05) is 12.4 Å². The lowest BCUT2D eigenvalue weighted by molar-refractivity contribution is -0.143. The summed E-state index contributed by atoms with van der Waals surface area (Å²) in [5.41, 5.74) is 0. The minimum atomic E-state index is -0.0994. The van der Waals surface area contributed by atoms with Crippen LogP contribution in [0.3, 0.4) is 0 Å². The Morgan fingerprint density at radius 3 is 2.88 bits per heavy atom. The summed E-state index contributed by atoms with van der Waals surface area (Å²) >= 11 is 1.63. The zero-order valence-electron chi connectivity index (χ0n) is 10.3. The van der Waals surface area contributed by atoms with Crippen LogP contribution in [-0.2, 0) is 16.6 Å². The van der Waals surface area contributed by atoms with Gasteiger partial charge in [-0.25, -0.2) is 4.68 Å². The number of carbonyl (C=O) groups is 1. The second kappa shape index (κ2) is 8.05. The van der Waals surface area contributed by atoms with Crippen LogP contribution in [0.2, 0.25) is 0 Å². The number of ether oxygens (including phenoxy) is 1. The maximum absolute atomic E-state index is 11.0. The highest BCUT2D eigenvalue weighted by Crippen LogP contribution is 2.15. The van der Waals surface area contributed by atoms with Crippen LogP contribution in [0.25, 0.3) is 0 Å². The molecule has 1 aromatic heterocycles. The van der Waals surface area contributed by atoms with Gasteiger partial charge in [0, 0.05) is 19.2 Å². The van der Waals surface area contributed by atoms with Gasteiger partial charge in [0.1, 0.15) is 0 Å². The van der Waals surface area contributed by atoms with E-state index >= 15 is 0 Å². The fraction of sp³-hybridized carbons (Fsp3) is 0.800. The molecule has 1 heterocycles. The third kappa shape index (κ3) is 5.67. The van der Waals surface area contributed by atoms with Crippen LogP contribution in [-0.4, -0.2) is 38.5 Å². The van der Waals surface area contributed by atoms with Crippen molar-refractivity contribution >= 4 is 17.7 Å². The molecule has 0 atom stereocenters. The lowest BCUT2D eigenvalue weighted by Crippen LogP contribution is -2.03. The highest BCUT2D eigenvalue weighted by molar-refractivity contribution is 7.99. The third-order valence-corrected chi connectivity index (χ3v) is 3.24. The fourth-order valence-corrected chi connectivity index (χ4v) is 2.14. The molecule has 0 N–H and O–H groups in total. The molecule has 0 aromatic carbocycles. The topological polar surface area (TPSA) is 69.9 Å². The number of carbonyl (C=O) groups excluding carboxylic acids is 1. The molecule has 17 heavy (non-hydrogen) atoms. The summed E-state index contributed by atoms with van der Waals surface area (Å²) < 4.78 is 6.51. The van der Waals surface area contributed by atoms with Crippen molar-refractivity contribution in [3.8, 4) is 0 Å². The smallest absolute Gasteiger partial charge is 0.305 e. The average Bonchev–Trinajstić information content (AvgIpc) is 2.70. The van der Waals surface area contributed by atoms with Crippen LogP contribution >= 0.6 is 11.8 Å². The third-order valence-electron chi connectivity index (χ3n) is 2.14. The molecule has 6 nitrogen and oxygen atoms in total. The van der Waals surface area contributed by atoms with Crippen LogP contribution in [0, 0.1) is 0 Å². The first-order valence-electron chi connectivity index (χ1n) is 5.74. The van der Waals surface area contributed by atoms with E-state index in [1.54, 1.807) is 16.4 Å². The quantitative estimate of drug-likeness (QED) is 0.399. The number of nitrogens with zero attached hydrogens (tertiary/aromatic N) is 4. The number of hydrogen-bond donors (Lipinski definition) is 0. The zero-order chi connectivity index (χ0) is 12.5. The number of aryl methyl sites for hydroxylation is 1. The number of esters is 1. The van der Waals surface area contributed by atoms with Crippen LogP contribution in [0.1, 0.15) is 32.6 Å². The molecule has 0 unspecified atom stereocenters. The number of aromatic nitrogens is 4. The molecule has 1 aromatic rings. The lowest BCUT2D eigenvalue weighted by Gasteiger charge is -2.01. The predicted octanol–water partition coefficient (Wildman–Crippen LogP) is 1.43. The summed E-state index contributed by atoms with van der Waals surface area (Å²) in [4.78, 5) is 11.0. The molecular weight excluding hydrogens is 240 g/mol. The summed E-state index contributed by atoms with van der Waals surface area (Å²) in [7, 11) is 1.82. The standard InChI is InChI=1S/C10H18N4O2S/c1-3-16-9(15)7-5-4-6-8-17-10-11-12-13-14(10)2/h3-8H2,1-2H3. The second-order valence-electron chi connectivity index (χ2n) is 3.55. The van der Waals surface area contributed by atoms with E-state index in [1.807, 2.05) is 14.0 Å². The van der Waals surface area contributed by atoms with Crippen molar-refractivity contribution in [1.29, 1.82) is 0 Å². The van der Waals surface area contributed by atoms with Gasteiger partial charge in [-0.2, -0.15) is 0 Å². The van der Waals surface area contributed by atoms with Crippen molar-refractivity contribution in [3.63, 3.8) is 0 Å². The van der Waals surface area contributed by atoms with Gasteiger partial charge in [0.25, 0.3) is 0 Å². The van der Waals surface area contributed by atoms with Gasteiger partial charge in [0.2, 0.25) is 5.16 Å². The van der Waals surface area contributed by atoms with E-state index < -0.39 is 0 Å². The average molecular weight is 258 g/mol. The first-order valence-corrected chi connectivity index (χ1v) is 6.73. The van der Waals surface area contributed by atoms with Crippen molar-refractivity contribution in [1.82, 2.24) is 20.2 Å². The van der Waals surface area contributed by atoms with Gasteiger partial charge in [-0.3, -0.25) is 4.79 Å². The molecule has 0 amide bonds. The Labute approximate surface area is 105 Å². The number of rotatable bonds is 8. The zero-order valence-corrected chi connectivity index (χ0v) is 11.1. The number of thioether (sulfide) groups is 1. The molecule has 0 aliphatic rings. The minimum Gasteiger partial charge on any atom is -0.466 e. The Kier molecular flexibility index (Phi) is 6.61. The molecule has 0 aliphatic heterocycles. The SMILES string of the molecule is CCOC(=O)CCCCCSc1nnnn1C. The molecule has 0 fully saturated rings. The summed E-state index contributed by atoms with van der Waals surface area (Å²) in [6.07, 6.45) is 3.48. The van der Waals surface area contributed by atoms with Gasteiger partial charge in [-0.05, 0) is 30.2 Å². The predicted molar refractivity (Wildman–Crippen MR) is 64.6 cm³/mol. The normalized spacial score (nSPS) is 10.5. The molecule has 1 rings (SSSR count). The van der Waals surface area contributed by atoms with E-state index in [9.17, 15) is 4.79 Å². The maximum Gasteiger partial charge on any atom is 0.305 e. The van der Waals surface area contributed by atoms with Gasteiger partial charge < -0.3 is 4.74 Å². The van der Waals surface area contributed by atoms with Gasteiger partial charge in [-0.1, -0.05) is 18.2 Å². The molecule has 0 bridgehead atoms. The van der Waals surface area contributed by atoms with Crippen molar-refractivity contribution < 1.29 is 9.53 Å². The number of unbranched alkanes of at least 4 members (excludes halogenated alkanes) is 2. The molecule has 0 spiro atoms. The van der Waals surface area contributed by atoms with Gasteiger partial charge in [-0.15, -0.1) is 5.10 Å². The van der Waals surface area contributed by atoms with Crippen LogP contribution in [0.4, 0.5) is 0 Å². The highest BCUT2D eigenvalue weighted by Gasteiger charge is 2.03. The molecule has 96 valence electrons. The fourth-order valence-electron chi connectivity index (χ4n) is 1.29. The van der Waals surface area contributed by atoms with Crippen LogP contribution in [0.15, 0.2) is 5.16 Å². The maximum atomic E-state index is 11.0. The number of tetrazole rings is 1. The largest absolute Gasteiger partial charge is 0.466 e. The minimum absolute atomic E-state index is 0.0994. The molecular formula is C10H18N4O2S. The molecule has 0 radical (unpaired) electrons. The molecule has 0 saturated carbocycles. The molecule has 7 heteroatoms. The summed E-state index contributed by atoms with van der Waals surface area (Å²) in [5, 5.41) is 12.0. The van der Waals surface area contributed by atoms with E-state index in [2.05, 4.69) is 15.5 Å². The first kappa shape index (κ1) is 14.0. The Bertz CT molecular complexity index is 343. The molecule has 0 saturated heterocycles.